The van der Waals surface area contributed by atoms with Crippen molar-refractivity contribution < 1.29 is 0 Å². The smallest absolute Gasteiger partial charge is 0.141 e. The first-order valence-corrected chi connectivity index (χ1v) is 22.2. The van der Waals surface area contributed by atoms with Crippen LogP contribution in [0.15, 0.2) is 176 Å². The first-order valence-electron chi connectivity index (χ1n) is 22.2. The third-order valence-corrected chi connectivity index (χ3v) is 14.2. The molecule has 2 heterocycles. The van der Waals surface area contributed by atoms with Crippen LogP contribution in [-0.2, 0) is 0 Å². The van der Waals surface area contributed by atoms with Crippen LogP contribution in [0.25, 0.3) is 99.5 Å². The van der Waals surface area contributed by atoms with Crippen molar-refractivity contribution in [1.29, 1.82) is 0 Å². The molecule has 0 saturated carbocycles. The van der Waals surface area contributed by atoms with Crippen molar-refractivity contribution in [1.82, 2.24) is 9.13 Å². The summed E-state index contributed by atoms with van der Waals surface area (Å²) >= 11 is 0. The minimum atomic E-state index is 1.16. The lowest BCUT2D eigenvalue weighted by atomic mass is 9.64. The van der Waals surface area contributed by atoms with E-state index in [4.69, 9.17) is 0 Å². The molecule has 11 rings (SSSR count). The summed E-state index contributed by atoms with van der Waals surface area (Å²) in [5.74, 6) is 0. The molecule has 9 aromatic carbocycles. The Morgan fingerprint density at radius 1 is 0.286 bits per heavy atom. The number of aromatic nitrogens is 2. The molecule has 0 N–H and O–H groups in total. The maximum Gasteiger partial charge on any atom is 0.141 e. The Balaban J connectivity index is 1.23. The van der Waals surface area contributed by atoms with Gasteiger partial charge in [-0.05, 0) is 86.8 Å². The topological polar surface area (TPSA) is 9.86 Å². The van der Waals surface area contributed by atoms with Gasteiger partial charge in [-0.3, -0.25) is 0 Å². The molecule has 0 bridgehead atoms. The van der Waals surface area contributed by atoms with Gasteiger partial charge in [-0.2, -0.15) is 0 Å². The number of rotatable bonds is 6. The summed E-state index contributed by atoms with van der Waals surface area (Å²) in [6.07, 6.45) is 0. The second kappa shape index (κ2) is 15.1. The van der Waals surface area contributed by atoms with Crippen LogP contribution in [0.4, 0.5) is 0 Å². The lowest BCUT2D eigenvalue weighted by Gasteiger charge is -2.20. The second-order valence-electron chi connectivity index (χ2n) is 17.5. The summed E-state index contributed by atoms with van der Waals surface area (Å²) in [5, 5.41) is 5.21. The van der Waals surface area contributed by atoms with Gasteiger partial charge in [0.2, 0.25) is 0 Å². The summed E-state index contributed by atoms with van der Waals surface area (Å²) in [6, 6.07) is 64.5. The lowest BCUT2D eigenvalue weighted by molar-refractivity contribution is 1.18. The molecule has 0 saturated heterocycles. The molecule has 63 heavy (non-hydrogen) atoms. The molecule has 9 heteroatoms. The van der Waals surface area contributed by atoms with Gasteiger partial charge < -0.3 is 9.13 Å². The summed E-state index contributed by atoms with van der Waals surface area (Å²) in [7, 11) is 16.3. The summed E-state index contributed by atoms with van der Waals surface area (Å²) in [5.41, 5.74) is 26.6. The molecule has 2 nitrogen and oxygen atoms in total. The van der Waals surface area contributed by atoms with E-state index in [1.807, 2.05) is 0 Å². The Morgan fingerprint density at radius 3 is 1.41 bits per heavy atom. The van der Waals surface area contributed by atoms with Crippen LogP contribution in [0.3, 0.4) is 0 Å². The van der Waals surface area contributed by atoms with Crippen molar-refractivity contribution in [3.05, 3.63) is 176 Å². The van der Waals surface area contributed by atoms with E-state index < -0.39 is 0 Å². The SMILES string of the molecule is Bc1c(B)c(B)c2c(c1B)c1c(B)c(-c3ccc4c(c3)c3cccc(-c5ccccc5)c3n4-c3ccccc3)c(B)c(B)c1n2-c1cc(-c2ccccc2)cc(-c2ccccc2)c1. The van der Waals surface area contributed by atoms with Crippen molar-refractivity contribution in [2.75, 3.05) is 0 Å². The van der Waals surface area contributed by atoms with E-state index in [1.165, 1.54) is 132 Å². The first kappa shape index (κ1) is 38.9. The molecule has 2 aromatic heterocycles. The highest BCUT2D eigenvalue weighted by molar-refractivity contribution is 6.69. The van der Waals surface area contributed by atoms with Crippen molar-refractivity contribution in [2.24, 2.45) is 0 Å². The minimum Gasteiger partial charge on any atom is -0.310 e. The van der Waals surface area contributed by atoms with Crippen LogP contribution >= 0.6 is 0 Å². The zero-order valence-corrected chi connectivity index (χ0v) is 37.1. The van der Waals surface area contributed by atoms with Crippen molar-refractivity contribution in [2.45, 2.75) is 0 Å². The van der Waals surface area contributed by atoms with E-state index >= 15 is 0 Å². The molecule has 0 fully saturated rings. The molecule has 0 aliphatic carbocycles. The summed E-state index contributed by atoms with van der Waals surface area (Å²) < 4.78 is 5.07. The Hall–Kier alpha value is -6.97. The van der Waals surface area contributed by atoms with Crippen LogP contribution in [0.1, 0.15) is 0 Å². The van der Waals surface area contributed by atoms with Gasteiger partial charge >= 0.3 is 0 Å². The quantitative estimate of drug-likeness (QED) is 0.229. The van der Waals surface area contributed by atoms with E-state index in [-0.39, 0.29) is 0 Å². The fourth-order valence-corrected chi connectivity index (χ4v) is 10.7. The molecular weight excluding hydrogens is 752 g/mol. The summed E-state index contributed by atoms with van der Waals surface area (Å²) in [4.78, 5) is 0. The van der Waals surface area contributed by atoms with Gasteiger partial charge in [-0.25, -0.2) is 0 Å². The highest BCUT2D eigenvalue weighted by Crippen LogP contribution is 2.40. The normalized spacial score (nSPS) is 11.6. The standard InChI is InChI=1S/C54H43B7N2/c55-45-42(33-24-25-41-40(29-33)39-23-13-22-38(32-18-9-3-10-19-32)52(39)62(41)36-20-11-4-12-21-36)46(56)50(60)53-43(45)44-47(57)48(58)49(59)51(61)54(44)63(53)37-27-34(30-14-5-1-6-15-30)26-35(28-37)31-16-7-2-8-17-31/h1-29H,55-61H2. The van der Waals surface area contributed by atoms with E-state index in [0.29, 0.717) is 0 Å². The van der Waals surface area contributed by atoms with E-state index in [2.05, 4.69) is 240 Å². The van der Waals surface area contributed by atoms with Gasteiger partial charge in [0.25, 0.3) is 0 Å². The van der Waals surface area contributed by atoms with Gasteiger partial charge in [-0.1, -0.05) is 166 Å². The molecular formula is C54H43B7N2. The van der Waals surface area contributed by atoms with Gasteiger partial charge in [0, 0.05) is 44.1 Å². The van der Waals surface area contributed by atoms with Crippen LogP contribution < -0.4 is 38.2 Å². The molecule has 290 valence electrons. The Kier molecular flexibility index (Phi) is 9.35. The third-order valence-electron chi connectivity index (χ3n) is 14.2. The van der Waals surface area contributed by atoms with Gasteiger partial charge in [-0.15, -0.1) is 5.46 Å². The molecule has 0 spiro atoms. The van der Waals surface area contributed by atoms with E-state index in [1.54, 1.807) is 0 Å². The van der Waals surface area contributed by atoms with Crippen LogP contribution in [0, 0.1) is 0 Å². The first-order chi connectivity index (χ1) is 30.7. The molecule has 0 aliphatic heterocycles. The molecule has 11 aromatic rings. The zero-order valence-electron chi connectivity index (χ0n) is 37.1. The number of benzene rings is 9. The largest absolute Gasteiger partial charge is 0.310 e. The average molecular weight is 796 g/mol. The molecule has 0 atom stereocenters. The summed E-state index contributed by atoms with van der Waals surface area (Å²) in [6.45, 7) is 0. The zero-order chi connectivity index (χ0) is 43.1. The van der Waals surface area contributed by atoms with Gasteiger partial charge in [0.15, 0.2) is 0 Å². The predicted molar refractivity (Wildman–Crippen MR) is 294 cm³/mol. The molecule has 0 radical (unpaired) electrons. The maximum absolute atomic E-state index is 2.61. The molecule has 0 aliphatic rings. The van der Waals surface area contributed by atoms with Crippen LogP contribution in [0.5, 0.6) is 0 Å². The van der Waals surface area contributed by atoms with Gasteiger partial charge in [0.1, 0.15) is 54.9 Å². The lowest BCUT2D eigenvalue weighted by Crippen LogP contribution is -2.48. The van der Waals surface area contributed by atoms with E-state index in [9.17, 15) is 0 Å². The number of para-hydroxylation sites is 2. The third kappa shape index (κ3) is 6.04. The van der Waals surface area contributed by atoms with Crippen molar-refractivity contribution in [3.8, 4) is 55.9 Å². The highest BCUT2D eigenvalue weighted by Gasteiger charge is 2.26. The predicted octanol–water partition coefficient (Wildman–Crippen LogP) is 2.36. The number of nitrogens with zero attached hydrogens (tertiary/aromatic N) is 2. The maximum atomic E-state index is 2.61. The minimum absolute atomic E-state index is 1.16. The Morgan fingerprint density at radius 2 is 0.810 bits per heavy atom. The fourth-order valence-electron chi connectivity index (χ4n) is 10.7. The number of fused-ring (bicyclic) bond motifs is 6. The average Bonchev–Trinajstić information content (AvgIpc) is 3.87. The molecule has 0 unspecified atom stereocenters. The van der Waals surface area contributed by atoms with Gasteiger partial charge in [0.05, 0.1) is 11.0 Å². The Bertz CT molecular complexity index is 3560. The number of hydrogen-bond donors (Lipinski definition) is 0. The van der Waals surface area contributed by atoms with Crippen molar-refractivity contribution in [3.63, 3.8) is 0 Å². The van der Waals surface area contributed by atoms with Crippen LogP contribution in [-0.4, -0.2) is 64.1 Å². The Labute approximate surface area is 375 Å². The fraction of sp³-hybridized carbons (Fsp3) is 0. The van der Waals surface area contributed by atoms with E-state index in [0.717, 1.165) is 5.69 Å². The highest BCUT2D eigenvalue weighted by atomic mass is 15.0. The number of hydrogen-bond acceptors (Lipinski definition) is 0. The van der Waals surface area contributed by atoms with Crippen molar-refractivity contribution >= 4 is 137 Å². The van der Waals surface area contributed by atoms with Crippen LogP contribution in [0.2, 0.25) is 0 Å². The monoisotopic (exact) mass is 796 g/mol. The second-order valence-corrected chi connectivity index (χ2v) is 17.5. The molecule has 0 amide bonds.